The Bertz CT molecular complexity index is 356. The lowest BCUT2D eigenvalue weighted by Gasteiger charge is -2.23. The molecule has 0 aliphatic carbocycles. The molecule has 0 saturated carbocycles. The molecule has 0 radical (unpaired) electrons. The van der Waals surface area contributed by atoms with Gasteiger partial charge in [0.1, 0.15) is 6.04 Å². The second-order valence-electron chi connectivity index (χ2n) is 5.64. The van der Waals surface area contributed by atoms with Crippen LogP contribution in [-0.4, -0.2) is 31.3 Å². The fourth-order valence-corrected chi connectivity index (χ4v) is 3.39. The monoisotopic (exact) mass is 265 g/mol. The molecule has 0 aliphatic rings. The van der Waals surface area contributed by atoms with Gasteiger partial charge in [-0.1, -0.05) is 41.0 Å². The van der Waals surface area contributed by atoms with Gasteiger partial charge in [0.2, 0.25) is 10.0 Å². The Morgan fingerprint density at radius 1 is 1.35 bits per heavy atom. The van der Waals surface area contributed by atoms with E-state index in [1.807, 2.05) is 6.92 Å². The Morgan fingerprint density at radius 2 is 1.82 bits per heavy atom. The molecule has 2 unspecified atom stereocenters. The van der Waals surface area contributed by atoms with Crippen LogP contribution >= 0.6 is 0 Å². The lowest BCUT2D eigenvalue weighted by molar-refractivity contribution is -0.140. The zero-order valence-corrected chi connectivity index (χ0v) is 12.0. The summed E-state index contributed by atoms with van der Waals surface area (Å²) in [5.74, 6) is -1.45. The largest absolute Gasteiger partial charge is 0.480 e. The zero-order valence-electron chi connectivity index (χ0n) is 11.1. The van der Waals surface area contributed by atoms with Gasteiger partial charge in [0.25, 0.3) is 0 Å². The highest BCUT2D eigenvalue weighted by atomic mass is 32.2. The third-order valence-corrected chi connectivity index (χ3v) is 4.27. The van der Waals surface area contributed by atoms with E-state index >= 15 is 0 Å². The van der Waals surface area contributed by atoms with Gasteiger partial charge in [-0.3, -0.25) is 4.79 Å². The first-order valence-electron chi connectivity index (χ1n) is 5.71. The third kappa shape index (κ3) is 6.63. The molecule has 0 aromatic carbocycles. The van der Waals surface area contributed by atoms with E-state index in [9.17, 15) is 13.2 Å². The van der Waals surface area contributed by atoms with Crippen molar-refractivity contribution in [3.63, 3.8) is 0 Å². The van der Waals surface area contributed by atoms with Gasteiger partial charge < -0.3 is 5.11 Å². The molecule has 102 valence electrons. The average molecular weight is 265 g/mol. The number of carbonyl (C=O) groups is 1. The van der Waals surface area contributed by atoms with Crippen LogP contribution in [0.4, 0.5) is 0 Å². The smallest absolute Gasteiger partial charge is 0.322 e. The number of carboxylic acid groups (broad SMARTS) is 1. The minimum absolute atomic E-state index is 0.0831. The maximum Gasteiger partial charge on any atom is 0.322 e. The van der Waals surface area contributed by atoms with Crippen molar-refractivity contribution in [2.45, 2.75) is 47.1 Å². The molecule has 0 heterocycles. The quantitative estimate of drug-likeness (QED) is 0.761. The van der Waals surface area contributed by atoms with Gasteiger partial charge in [0, 0.05) is 0 Å². The molecule has 0 aliphatic heterocycles. The molecule has 5 nitrogen and oxygen atoms in total. The van der Waals surface area contributed by atoms with Crippen LogP contribution in [0.1, 0.15) is 41.0 Å². The Labute approximate surface area is 104 Å². The van der Waals surface area contributed by atoms with Gasteiger partial charge >= 0.3 is 5.97 Å². The molecule has 0 aromatic rings. The molecule has 0 spiro atoms. The van der Waals surface area contributed by atoms with Crippen molar-refractivity contribution in [2.75, 3.05) is 5.75 Å². The number of rotatable bonds is 6. The molecular weight excluding hydrogens is 242 g/mol. The number of hydrogen-bond acceptors (Lipinski definition) is 3. The van der Waals surface area contributed by atoms with E-state index in [2.05, 4.69) is 4.72 Å². The molecule has 0 bridgehead atoms. The summed E-state index contributed by atoms with van der Waals surface area (Å²) in [5.41, 5.74) is -0.398. The second kappa shape index (κ2) is 5.82. The molecular formula is C11H23NO4S. The van der Waals surface area contributed by atoms with Gasteiger partial charge in [-0.05, 0) is 11.3 Å². The van der Waals surface area contributed by atoms with E-state index in [0.717, 1.165) is 0 Å². The van der Waals surface area contributed by atoms with E-state index in [1.165, 1.54) is 0 Å². The molecule has 2 N–H and O–H groups in total. The highest BCUT2D eigenvalue weighted by molar-refractivity contribution is 7.89. The molecule has 6 heteroatoms. The van der Waals surface area contributed by atoms with Gasteiger partial charge in [-0.2, -0.15) is 0 Å². The van der Waals surface area contributed by atoms with Crippen LogP contribution in [0.25, 0.3) is 0 Å². The van der Waals surface area contributed by atoms with Crippen LogP contribution in [0.3, 0.4) is 0 Å². The van der Waals surface area contributed by atoms with Crippen LogP contribution in [0.2, 0.25) is 0 Å². The van der Waals surface area contributed by atoms with E-state index in [4.69, 9.17) is 5.11 Å². The van der Waals surface area contributed by atoms with Gasteiger partial charge in [-0.25, -0.2) is 13.1 Å². The first kappa shape index (κ1) is 16.4. The van der Waals surface area contributed by atoms with Crippen LogP contribution in [0, 0.1) is 11.3 Å². The van der Waals surface area contributed by atoms with E-state index in [0.29, 0.717) is 6.42 Å². The Morgan fingerprint density at radius 3 is 2.12 bits per heavy atom. The van der Waals surface area contributed by atoms with Crippen molar-refractivity contribution in [1.29, 1.82) is 0 Å². The SMILES string of the molecule is CCC(C)C(NS(=O)(=O)CC(C)(C)C)C(=O)O. The fraction of sp³-hybridized carbons (Fsp3) is 0.909. The maximum absolute atomic E-state index is 11.8. The van der Waals surface area contributed by atoms with E-state index in [1.54, 1.807) is 27.7 Å². The lowest BCUT2D eigenvalue weighted by Crippen LogP contribution is -2.47. The summed E-state index contributed by atoms with van der Waals surface area (Å²) < 4.78 is 25.9. The minimum atomic E-state index is -3.57. The Kier molecular flexibility index (Phi) is 5.61. The zero-order chi connectivity index (χ0) is 13.9. The number of nitrogens with one attached hydrogen (secondary N) is 1. The van der Waals surface area contributed by atoms with Crippen LogP contribution in [0.5, 0.6) is 0 Å². The van der Waals surface area contributed by atoms with Crippen molar-refractivity contribution >= 4 is 16.0 Å². The summed E-state index contributed by atoms with van der Waals surface area (Å²) in [6, 6.07) is -1.05. The first-order valence-corrected chi connectivity index (χ1v) is 7.36. The molecule has 0 rings (SSSR count). The maximum atomic E-state index is 11.8. The summed E-state index contributed by atoms with van der Waals surface area (Å²) in [6.45, 7) is 8.94. The minimum Gasteiger partial charge on any atom is -0.480 e. The van der Waals surface area contributed by atoms with Gasteiger partial charge in [0.05, 0.1) is 5.75 Å². The van der Waals surface area contributed by atoms with E-state index in [-0.39, 0.29) is 11.7 Å². The van der Waals surface area contributed by atoms with E-state index < -0.39 is 27.4 Å². The summed E-state index contributed by atoms with van der Waals surface area (Å²) in [7, 11) is -3.57. The summed E-state index contributed by atoms with van der Waals surface area (Å²) in [4.78, 5) is 11.0. The predicted molar refractivity (Wildman–Crippen MR) is 67.3 cm³/mol. The predicted octanol–water partition coefficient (Wildman–Crippen LogP) is 1.45. The number of hydrogen-bond donors (Lipinski definition) is 2. The topological polar surface area (TPSA) is 83.5 Å². The van der Waals surface area contributed by atoms with Crippen molar-refractivity contribution in [2.24, 2.45) is 11.3 Å². The lowest BCUT2D eigenvalue weighted by atomic mass is 10.0. The molecule has 0 aromatic heterocycles. The van der Waals surface area contributed by atoms with Crippen LogP contribution < -0.4 is 4.72 Å². The van der Waals surface area contributed by atoms with Gasteiger partial charge in [0.15, 0.2) is 0 Å². The molecule has 2 atom stereocenters. The average Bonchev–Trinajstić information content (AvgIpc) is 2.08. The van der Waals surface area contributed by atoms with Crippen molar-refractivity contribution in [3.05, 3.63) is 0 Å². The molecule has 0 saturated heterocycles. The second-order valence-corrected chi connectivity index (χ2v) is 7.39. The third-order valence-electron chi connectivity index (χ3n) is 2.41. The standard InChI is InChI=1S/C11H23NO4S/c1-6-8(2)9(10(13)14)12-17(15,16)7-11(3,4)5/h8-9,12H,6-7H2,1-5H3,(H,13,14). The Hall–Kier alpha value is -0.620. The molecule has 17 heavy (non-hydrogen) atoms. The first-order chi connectivity index (χ1) is 7.48. The summed E-state index contributed by atoms with van der Waals surface area (Å²) >= 11 is 0. The highest BCUT2D eigenvalue weighted by Gasteiger charge is 2.30. The molecule has 0 fully saturated rings. The van der Waals surface area contributed by atoms with Crippen molar-refractivity contribution in [3.8, 4) is 0 Å². The number of aliphatic carboxylic acids is 1. The highest BCUT2D eigenvalue weighted by Crippen LogP contribution is 2.17. The summed E-state index contributed by atoms with van der Waals surface area (Å²) in [5, 5.41) is 9.01. The van der Waals surface area contributed by atoms with Crippen molar-refractivity contribution < 1.29 is 18.3 Å². The van der Waals surface area contributed by atoms with Crippen molar-refractivity contribution in [1.82, 2.24) is 4.72 Å². The normalized spacial score (nSPS) is 16.5. The summed E-state index contributed by atoms with van der Waals surface area (Å²) in [6.07, 6.45) is 0.606. The Balaban J connectivity index is 4.83. The number of carboxylic acids is 1. The molecule has 0 amide bonds. The van der Waals surface area contributed by atoms with Crippen LogP contribution in [-0.2, 0) is 14.8 Å². The number of sulfonamides is 1. The van der Waals surface area contributed by atoms with Gasteiger partial charge in [-0.15, -0.1) is 0 Å². The van der Waals surface area contributed by atoms with Crippen LogP contribution in [0.15, 0.2) is 0 Å². The fourth-order valence-electron chi connectivity index (χ4n) is 1.45.